The van der Waals surface area contributed by atoms with E-state index >= 15 is 0 Å². The van der Waals surface area contributed by atoms with E-state index in [1.165, 1.54) is 14.0 Å². The van der Waals surface area contributed by atoms with Crippen LogP contribution in [0, 0.1) is 0 Å². The molecule has 102 valence electrons. The van der Waals surface area contributed by atoms with E-state index in [9.17, 15) is 14.4 Å². The molecule has 6 nitrogen and oxygen atoms in total. The third kappa shape index (κ3) is 10.7. The molecule has 0 aliphatic heterocycles. The van der Waals surface area contributed by atoms with Crippen LogP contribution in [-0.4, -0.2) is 38.2 Å². The SMILES string of the molecule is COC(=O)C/C=C\CCC(=O)OCCOC(C)=O. The van der Waals surface area contributed by atoms with Gasteiger partial charge in [0.05, 0.1) is 13.5 Å². The molecule has 0 amide bonds. The molecular formula is C12H18O6. The number of carbonyl (C=O) groups excluding carboxylic acids is 3. The largest absolute Gasteiger partial charge is 0.469 e. The molecule has 0 fully saturated rings. The second kappa shape index (κ2) is 10.3. The van der Waals surface area contributed by atoms with Crippen LogP contribution in [-0.2, 0) is 28.6 Å². The number of rotatable bonds is 8. The van der Waals surface area contributed by atoms with Crippen LogP contribution >= 0.6 is 0 Å². The van der Waals surface area contributed by atoms with E-state index in [1.54, 1.807) is 12.2 Å². The van der Waals surface area contributed by atoms with Gasteiger partial charge in [0.25, 0.3) is 0 Å². The second-order valence-corrected chi connectivity index (χ2v) is 3.35. The van der Waals surface area contributed by atoms with Crippen molar-refractivity contribution in [2.45, 2.75) is 26.2 Å². The monoisotopic (exact) mass is 258 g/mol. The highest BCUT2D eigenvalue weighted by molar-refractivity contribution is 5.71. The van der Waals surface area contributed by atoms with Crippen LogP contribution in [0.15, 0.2) is 12.2 Å². The van der Waals surface area contributed by atoms with Crippen LogP contribution in [0.4, 0.5) is 0 Å². The highest BCUT2D eigenvalue weighted by Crippen LogP contribution is 1.96. The number of carbonyl (C=O) groups is 3. The number of hydrogen-bond donors (Lipinski definition) is 0. The van der Waals surface area contributed by atoms with Crippen molar-refractivity contribution in [1.82, 2.24) is 0 Å². The van der Waals surface area contributed by atoms with Crippen LogP contribution in [0.3, 0.4) is 0 Å². The maximum Gasteiger partial charge on any atom is 0.309 e. The third-order valence-corrected chi connectivity index (χ3v) is 1.85. The first kappa shape index (κ1) is 16.1. The Kier molecular flexibility index (Phi) is 9.25. The predicted octanol–water partition coefficient (Wildman–Crippen LogP) is 0.992. The molecule has 18 heavy (non-hydrogen) atoms. The summed E-state index contributed by atoms with van der Waals surface area (Å²) in [6, 6.07) is 0. The van der Waals surface area contributed by atoms with Crippen molar-refractivity contribution in [2.75, 3.05) is 20.3 Å². The van der Waals surface area contributed by atoms with Crippen LogP contribution < -0.4 is 0 Å². The summed E-state index contributed by atoms with van der Waals surface area (Å²) in [5, 5.41) is 0. The summed E-state index contributed by atoms with van der Waals surface area (Å²) >= 11 is 0. The maximum atomic E-state index is 11.2. The van der Waals surface area contributed by atoms with Crippen molar-refractivity contribution in [2.24, 2.45) is 0 Å². The second-order valence-electron chi connectivity index (χ2n) is 3.35. The molecule has 0 spiro atoms. The predicted molar refractivity (Wildman–Crippen MR) is 62.6 cm³/mol. The van der Waals surface area contributed by atoms with E-state index in [0.717, 1.165) is 0 Å². The summed E-state index contributed by atoms with van der Waals surface area (Å²) in [7, 11) is 1.32. The van der Waals surface area contributed by atoms with Crippen LogP contribution in [0.25, 0.3) is 0 Å². The number of methoxy groups -OCH3 is 1. The summed E-state index contributed by atoms with van der Waals surface area (Å²) in [5.74, 6) is -1.10. The van der Waals surface area contributed by atoms with Crippen molar-refractivity contribution < 1.29 is 28.6 Å². The van der Waals surface area contributed by atoms with Crippen molar-refractivity contribution in [1.29, 1.82) is 0 Å². The zero-order chi connectivity index (χ0) is 13.8. The van der Waals surface area contributed by atoms with Gasteiger partial charge in [-0.25, -0.2) is 0 Å². The molecule has 0 radical (unpaired) electrons. The van der Waals surface area contributed by atoms with E-state index in [-0.39, 0.29) is 38.0 Å². The molecule has 0 atom stereocenters. The highest BCUT2D eigenvalue weighted by Gasteiger charge is 2.01. The first-order valence-electron chi connectivity index (χ1n) is 5.57. The molecule has 0 aromatic carbocycles. The Hall–Kier alpha value is -1.85. The molecule has 0 saturated heterocycles. The molecule has 0 saturated carbocycles. The van der Waals surface area contributed by atoms with Crippen LogP contribution in [0.5, 0.6) is 0 Å². The minimum absolute atomic E-state index is 0.0598. The Bertz CT molecular complexity index is 308. The lowest BCUT2D eigenvalue weighted by atomic mass is 10.2. The summed E-state index contributed by atoms with van der Waals surface area (Å²) in [5.41, 5.74) is 0. The molecular weight excluding hydrogens is 240 g/mol. The van der Waals surface area contributed by atoms with E-state index in [2.05, 4.69) is 9.47 Å². The molecule has 0 aliphatic rings. The van der Waals surface area contributed by atoms with Crippen molar-refractivity contribution in [3.63, 3.8) is 0 Å². The molecule has 0 unspecified atom stereocenters. The average molecular weight is 258 g/mol. The topological polar surface area (TPSA) is 78.9 Å². The van der Waals surface area contributed by atoms with Gasteiger partial charge in [0.15, 0.2) is 0 Å². The van der Waals surface area contributed by atoms with Crippen molar-refractivity contribution in [3.05, 3.63) is 12.2 Å². The summed E-state index contributed by atoms with van der Waals surface area (Å²) in [6.45, 7) is 1.41. The third-order valence-electron chi connectivity index (χ3n) is 1.85. The van der Waals surface area contributed by atoms with Gasteiger partial charge in [-0.15, -0.1) is 0 Å². The first-order valence-corrected chi connectivity index (χ1v) is 5.57. The molecule has 0 N–H and O–H groups in total. The standard InChI is InChI=1S/C12H18O6/c1-10(13)17-8-9-18-12(15)7-5-3-4-6-11(14)16-2/h3-4H,5-9H2,1-2H3/b4-3-. The van der Waals surface area contributed by atoms with Crippen LogP contribution in [0.2, 0.25) is 0 Å². The maximum absolute atomic E-state index is 11.2. The van der Waals surface area contributed by atoms with Gasteiger partial charge in [-0.1, -0.05) is 12.2 Å². The lowest BCUT2D eigenvalue weighted by molar-refractivity contribution is -0.150. The Balaban J connectivity index is 3.47. The fourth-order valence-corrected chi connectivity index (χ4v) is 0.995. The van der Waals surface area contributed by atoms with E-state index < -0.39 is 5.97 Å². The molecule has 0 bridgehead atoms. The normalized spacial score (nSPS) is 10.1. The molecule has 0 aliphatic carbocycles. The molecule has 0 rings (SSSR count). The van der Waals surface area contributed by atoms with Gasteiger partial charge in [-0.05, 0) is 6.42 Å². The number of hydrogen-bond acceptors (Lipinski definition) is 6. The quantitative estimate of drug-likeness (QED) is 0.279. The first-order chi connectivity index (χ1) is 8.56. The Labute approximate surface area is 106 Å². The smallest absolute Gasteiger partial charge is 0.309 e. The molecule has 0 aromatic heterocycles. The summed E-state index contributed by atoms with van der Waals surface area (Å²) in [6.07, 6.45) is 4.25. The van der Waals surface area contributed by atoms with Gasteiger partial charge in [-0.3, -0.25) is 14.4 Å². The van der Waals surface area contributed by atoms with Gasteiger partial charge in [0, 0.05) is 13.3 Å². The van der Waals surface area contributed by atoms with Crippen LogP contribution in [0.1, 0.15) is 26.2 Å². The summed E-state index contributed by atoms with van der Waals surface area (Å²) in [4.78, 5) is 32.3. The van der Waals surface area contributed by atoms with E-state index in [4.69, 9.17) is 4.74 Å². The van der Waals surface area contributed by atoms with Gasteiger partial charge in [0.2, 0.25) is 0 Å². The zero-order valence-electron chi connectivity index (χ0n) is 10.6. The number of esters is 3. The average Bonchev–Trinajstić information content (AvgIpc) is 2.33. The fraction of sp³-hybridized carbons (Fsp3) is 0.583. The van der Waals surface area contributed by atoms with Crippen molar-refractivity contribution >= 4 is 17.9 Å². The van der Waals surface area contributed by atoms with Gasteiger partial charge in [-0.2, -0.15) is 0 Å². The minimum atomic E-state index is -0.406. The molecule has 6 heteroatoms. The lowest BCUT2D eigenvalue weighted by Crippen LogP contribution is -2.11. The minimum Gasteiger partial charge on any atom is -0.469 e. The van der Waals surface area contributed by atoms with E-state index in [1.807, 2.05) is 0 Å². The number of ether oxygens (including phenoxy) is 3. The fourth-order valence-electron chi connectivity index (χ4n) is 0.995. The van der Waals surface area contributed by atoms with Gasteiger partial charge < -0.3 is 14.2 Å². The highest BCUT2D eigenvalue weighted by atomic mass is 16.6. The van der Waals surface area contributed by atoms with Gasteiger partial charge >= 0.3 is 17.9 Å². The Morgan fingerprint density at radius 3 is 2.28 bits per heavy atom. The number of allylic oxidation sites excluding steroid dienone is 1. The van der Waals surface area contributed by atoms with Gasteiger partial charge in [0.1, 0.15) is 13.2 Å². The van der Waals surface area contributed by atoms with E-state index in [0.29, 0.717) is 6.42 Å². The Morgan fingerprint density at radius 2 is 1.67 bits per heavy atom. The Morgan fingerprint density at radius 1 is 1.00 bits per heavy atom. The molecule has 0 heterocycles. The lowest BCUT2D eigenvalue weighted by Gasteiger charge is -2.03. The summed E-state index contributed by atoms with van der Waals surface area (Å²) < 4.78 is 13.8. The zero-order valence-corrected chi connectivity index (χ0v) is 10.6. The molecule has 0 aromatic rings. The van der Waals surface area contributed by atoms with Crippen molar-refractivity contribution in [3.8, 4) is 0 Å².